The van der Waals surface area contributed by atoms with Crippen molar-refractivity contribution in [1.82, 2.24) is 20.4 Å². The van der Waals surface area contributed by atoms with Crippen molar-refractivity contribution in [2.75, 3.05) is 46.9 Å². The van der Waals surface area contributed by atoms with Gasteiger partial charge in [0.1, 0.15) is 11.6 Å². The molecule has 0 radical (unpaired) electrons. The summed E-state index contributed by atoms with van der Waals surface area (Å²) in [6.07, 6.45) is 0. The van der Waals surface area contributed by atoms with Crippen LogP contribution in [-0.2, 0) is 16.1 Å². The number of rotatable bonds is 7. The molecule has 2 N–H and O–H groups in total. The highest BCUT2D eigenvalue weighted by Crippen LogP contribution is 2.22. The van der Waals surface area contributed by atoms with Gasteiger partial charge in [-0.25, -0.2) is 4.39 Å². The molecule has 166 valence electrons. The zero-order valence-electron chi connectivity index (χ0n) is 17.9. The number of piperazine rings is 1. The molecule has 1 heterocycles. The normalized spacial score (nSPS) is 15.8. The molecule has 0 spiro atoms. The first kappa shape index (κ1) is 22.7. The first-order chi connectivity index (χ1) is 15.0. The minimum Gasteiger partial charge on any atom is -0.497 e. The summed E-state index contributed by atoms with van der Waals surface area (Å²) in [4.78, 5) is 29.1. The fourth-order valence-corrected chi connectivity index (χ4v) is 3.55. The van der Waals surface area contributed by atoms with Crippen LogP contribution < -0.4 is 15.4 Å². The lowest BCUT2D eigenvalue weighted by atomic mass is 10.0. The number of hydrogen-bond acceptors (Lipinski definition) is 5. The van der Waals surface area contributed by atoms with Crippen LogP contribution in [0.25, 0.3) is 0 Å². The lowest BCUT2D eigenvalue weighted by Crippen LogP contribution is -2.49. The summed E-state index contributed by atoms with van der Waals surface area (Å²) in [5.41, 5.74) is 1.77. The molecule has 0 saturated carbocycles. The van der Waals surface area contributed by atoms with Gasteiger partial charge in [-0.2, -0.15) is 0 Å². The number of carbonyl (C=O) groups is 2. The molecule has 1 aliphatic heterocycles. The van der Waals surface area contributed by atoms with E-state index in [0.29, 0.717) is 0 Å². The van der Waals surface area contributed by atoms with Crippen molar-refractivity contribution in [2.45, 2.75) is 12.6 Å². The molecule has 0 aliphatic carbocycles. The molecule has 3 rings (SSSR count). The van der Waals surface area contributed by atoms with E-state index in [2.05, 4.69) is 27.5 Å². The number of halogens is 1. The monoisotopic (exact) mass is 428 g/mol. The highest BCUT2D eigenvalue weighted by atomic mass is 19.1. The van der Waals surface area contributed by atoms with Gasteiger partial charge >= 0.3 is 11.8 Å². The fraction of sp³-hybridized carbons (Fsp3) is 0.391. The van der Waals surface area contributed by atoms with Crippen LogP contribution in [0.3, 0.4) is 0 Å². The summed E-state index contributed by atoms with van der Waals surface area (Å²) >= 11 is 0. The number of hydrogen-bond donors (Lipinski definition) is 2. The minimum absolute atomic E-state index is 0.132. The molecule has 2 amide bonds. The fourth-order valence-electron chi connectivity index (χ4n) is 3.55. The maximum Gasteiger partial charge on any atom is 0.309 e. The summed E-state index contributed by atoms with van der Waals surface area (Å²) < 4.78 is 18.5. The van der Waals surface area contributed by atoms with Crippen LogP contribution in [0.15, 0.2) is 48.5 Å². The Morgan fingerprint density at radius 2 is 1.58 bits per heavy atom. The van der Waals surface area contributed by atoms with Gasteiger partial charge in [-0.3, -0.25) is 14.5 Å². The first-order valence-electron chi connectivity index (χ1n) is 10.3. The molecule has 0 aromatic heterocycles. The van der Waals surface area contributed by atoms with Gasteiger partial charge < -0.3 is 20.3 Å². The van der Waals surface area contributed by atoms with Gasteiger partial charge in [-0.15, -0.1) is 0 Å². The Morgan fingerprint density at radius 1 is 0.968 bits per heavy atom. The van der Waals surface area contributed by atoms with E-state index in [-0.39, 0.29) is 24.9 Å². The highest BCUT2D eigenvalue weighted by Gasteiger charge is 2.25. The van der Waals surface area contributed by atoms with Crippen LogP contribution in [0.2, 0.25) is 0 Å². The Morgan fingerprint density at radius 3 is 2.19 bits per heavy atom. The smallest absolute Gasteiger partial charge is 0.309 e. The molecule has 7 nitrogen and oxygen atoms in total. The van der Waals surface area contributed by atoms with Crippen molar-refractivity contribution in [1.29, 1.82) is 0 Å². The number of benzene rings is 2. The predicted molar refractivity (Wildman–Crippen MR) is 116 cm³/mol. The number of ether oxygens (including phenoxy) is 1. The summed E-state index contributed by atoms with van der Waals surface area (Å²) in [5, 5.41) is 5.37. The van der Waals surface area contributed by atoms with E-state index >= 15 is 0 Å². The van der Waals surface area contributed by atoms with Gasteiger partial charge in [0.25, 0.3) is 0 Å². The molecule has 1 aliphatic rings. The molecule has 0 unspecified atom stereocenters. The Hall–Kier alpha value is -2.97. The third-order valence-corrected chi connectivity index (χ3v) is 5.51. The topological polar surface area (TPSA) is 73.9 Å². The quantitative estimate of drug-likeness (QED) is 0.655. The molecule has 2 aromatic rings. The molecular formula is C23H29FN4O3. The van der Waals surface area contributed by atoms with Crippen molar-refractivity contribution in [2.24, 2.45) is 0 Å². The molecule has 2 aromatic carbocycles. The average molecular weight is 429 g/mol. The van der Waals surface area contributed by atoms with Crippen LogP contribution in [-0.4, -0.2) is 68.5 Å². The number of nitrogens with one attached hydrogen (secondary N) is 2. The number of nitrogens with zero attached hydrogens (tertiary/aromatic N) is 2. The van der Waals surface area contributed by atoms with Gasteiger partial charge in [0, 0.05) is 39.3 Å². The SMILES string of the molecule is COc1ccc(CNC(=O)C(=O)NC[C@@H](c2ccc(F)cc2)N2CCN(C)CC2)cc1. The van der Waals surface area contributed by atoms with Crippen LogP contribution in [0.5, 0.6) is 5.75 Å². The Labute approximate surface area is 182 Å². The second kappa shape index (κ2) is 10.9. The van der Waals surface area contributed by atoms with E-state index in [1.807, 2.05) is 12.1 Å². The van der Waals surface area contributed by atoms with Crippen molar-refractivity contribution in [3.63, 3.8) is 0 Å². The average Bonchev–Trinajstić information content (AvgIpc) is 2.80. The van der Waals surface area contributed by atoms with Crippen LogP contribution >= 0.6 is 0 Å². The maximum atomic E-state index is 13.4. The molecular weight excluding hydrogens is 399 g/mol. The molecule has 31 heavy (non-hydrogen) atoms. The summed E-state index contributed by atoms with van der Waals surface area (Å²) in [6.45, 7) is 4.00. The number of likely N-dealkylation sites (N-methyl/N-ethyl adjacent to an activating group) is 1. The van der Waals surface area contributed by atoms with Crippen LogP contribution in [0.4, 0.5) is 4.39 Å². The molecule has 0 bridgehead atoms. The lowest BCUT2D eigenvalue weighted by Gasteiger charge is -2.38. The molecule has 1 fully saturated rings. The van der Waals surface area contributed by atoms with Gasteiger partial charge in [0.05, 0.1) is 13.2 Å². The first-order valence-corrected chi connectivity index (χ1v) is 10.3. The van der Waals surface area contributed by atoms with E-state index in [1.165, 1.54) is 12.1 Å². The predicted octanol–water partition coefficient (Wildman–Crippen LogP) is 1.56. The van der Waals surface area contributed by atoms with Gasteiger partial charge in [0.15, 0.2) is 0 Å². The van der Waals surface area contributed by atoms with Crippen molar-refractivity contribution >= 4 is 11.8 Å². The summed E-state index contributed by atoms with van der Waals surface area (Å²) in [6, 6.07) is 13.4. The van der Waals surface area contributed by atoms with Gasteiger partial charge in [-0.1, -0.05) is 24.3 Å². The van der Waals surface area contributed by atoms with Gasteiger partial charge in [0.2, 0.25) is 0 Å². The largest absolute Gasteiger partial charge is 0.497 e. The Kier molecular flexibility index (Phi) is 7.97. The standard InChI is InChI=1S/C23H29FN4O3/c1-27-11-13-28(14-12-27)21(18-5-7-19(24)8-6-18)16-26-23(30)22(29)25-15-17-3-9-20(31-2)10-4-17/h3-10,21H,11-16H2,1-2H3,(H,25,29)(H,26,30)/t21-/m0/s1. The maximum absolute atomic E-state index is 13.4. The summed E-state index contributed by atoms with van der Waals surface area (Å²) in [5.74, 6) is -0.951. The van der Waals surface area contributed by atoms with Crippen molar-refractivity contribution < 1.29 is 18.7 Å². The van der Waals surface area contributed by atoms with Crippen LogP contribution in [0.1, 0.15) is 17.2 Å². The third kappa shape index (κ3) is 6.50. The molecule has 1 atom stereocenters. The van der Waals surface area contributed by atoms with Crippen molar-refractivity contribution in [3.8, 4) is 5.75 Å². The zero-order valence-corrected chi connectivity index (χ0v) is 17.9. The van der Waals surface area contributed by atoms with E-state index in [4.69, 9.17) is 4.74 Å². The highest BCUT2D eigenvalue weighted by molar-refractivity contribution is 6.35. The second-order valence-corrected chi connectivity index (χ2v) is 7.65. The Bertz CT molecular complexity index is 865. The zero-order chi connectivity index (χ0) is 22.2. The van der Waals surface area contributed by atoms with Crippen LogP contribution in [0, 0.1) is 5.82 Å². The van der Waals surface area contributed by atoms with E-state index < -0.39 is 11.8 Å². The van der Waals surface area contributed by atoms with Gasteiger partial charge in [-0.05, 0) is 42.4 Å². The molecule has 1 saturated heterocycles. The van der Waals surface area contributed by atoms with Crippen molar-refractivity contribution in [3.05, 3.63) is 65.5 Å². The number of carbonyl (C=O) groups excluding carboxylic acids is 2. The second-order valence-electron chi connectivity index (χ2n) is 7.65. The number of amides is 2. The molecule has 8 heteroatoms. The van der Waals surface area contributed by atoms with E-state index in [9.17, 15) is 14.0 Å². The third-order valence-electron chi connectivity index (χ3n) is 5.51. The lowest BCUT2D eigenvalue weighted by molar-refractivity contribution is -0.139. The van der Waals surface area contributed by atoms with E-state index in [1.54, 1.807) is 31.4 Å². The van der Waals surface area contributed by atoms with E-state index in [0.717, 1.165) is 43.1 Å². The Balaban J connectivity index is 1.56. The minimum atomic E-state index is -0.688. The number of methoxy groups -OCH3 is 1. The summed E-state index contributed by atoms with van der Waals surface area (Å²) in [7, 11) is 3.65.